The van der Waals surface area contributed by atoms with Gasteiger partial charge in [0.15, 0.2) is 0 Å². The third-order valence-corrected chi connectivity index (χ3v) is 5.60. The van der Waals surface area contributed by atoms with Gasteiger partial charge in [-0.25, -0.2) is 4.98 Å². The van der Waals surface area contributed by atoms with Crippen LogP contribution in [0.25, 0.3) is 22.3 Å². The second kappa shape index (κ2) is 5.61. The molecule has 2 aromatic heterocycles. The number of nitrogens with one attached hydrogen (secondary N) is 1. The molecular weight excluding hydrogens is 342 g/mol. The molecule has 2 aliphatic heterocycles. The van der Waals surface area contributed by atoms with Crippen molar-refractivity contribution in [2.75, 3.05) is 0 Å². The Morgan fingerprint density at radius 1 is 1.30 bits per heavy atom. The standard InChI is InChI=1S/C21H17N3O3/c1-2-11-13-7-18-19-15(9-24(18)20(25)16(13)10-27-21(11)26)14(8-22)12-5-3-4-6-17(12)23-19/h3-8,11,22H,2,9-10H2,1H3/t11-/m1/s1. The van der Waals surface area contributed by atoms with E-state index in [1.54, 1.807) is 4.57 Å². The normalized spacial score (nSPS) is 17.2. The molecule has 3 aromatic rings. The first-order chi connectivity index (χ1) is 13.1. The van der Waals surface area contributed by atoms with Gasteiger partial charge in [-0.3, -0.25) is 9.59 Å². The number of esters is 1. The summed E-state index contributed by atoms with van der Waals surface area (Å²) >= 11 is 0. The third kappa shape index (κ3) is 2.07. The van der Waals surface area contributed by atoms with Gasteiger partial charge in [0.1, 0.15) is 6.61 Å². The molecule has 1 aromatic carbocycles. The van der Waals surface area contributed by atoms with Crippen molar-refractivity contribution in [3.05, 3.63) is 62.9 Å². The van der Waals surface area contributed by atoms with Crippen LogP contribution >= 0.6 is 0 Å². The zero-order valence-electron chi connectivity index (χ0n) is 14.8. The van der Waals surface area contributed by atoms with Crippen molar-refractivity contribution >= 4 is 23.1 Å². The Hall–Kier alpha value is -3.28. The lowest BCUT2D eigenvalue weighted by molar-refractivity contribution is -0.148. The lowest BCUT2D eigenvalue weighted by Crippen LogP contribution is -2.32. The van der Waals surface area contributed by atoms with Crippen molar-refractivity contribution in [1.29, 1.82) is 5.41 Å². The summed E-state index contributed by atoms with van der Waals surface area (Å²) in [4.78, 5) is 30.1. The first-order valence-corrected chi connectivity index (χ1v) is 8.99. The molecular formula is C21H17N3O3. The van der Waals surface area contributed by atoms with Gasteiger partial charge in [0.25, 0.3) is 5.56 Å². The molecule has 0 saturated heterocycles. The van der Waals surface area contributed by atoms with Crippen LogP contribution in [0.5, 0.6) is 0 Å². The highest BCUT2D eigenvalue weighted by atomic mass is 16.5. The van der Waals surface area contributed by atoms with Crippen LogP contribution in [-0.4, -0.2) is 21.7 Å². The monoisotopic (exact) mass is 359 g/mol. The lowest BCUT2D eigenvalue weighted by atomic mass is 9.90. The summed E-state index contributed by atoms with van der Waals surface area (Å²) in [5, 5.41) is 8.81. The van der Waals surface area contributed by atoms with Crippen LogP contribution in [0.4, 0.5) is 0 Å². The Bertz CT molecular complexity index is 1210. The fourth-order valence-electron chi connectivity index (χ4n) is 4.25. The highest BCUT2D eigenvalue weighted by Crippen LogP contribution is 2.38. The number of fused-ring (bicyclic) bond motifs is 5. The third-order valence-electron chi connectivity index (χ3n) is 5.60. The minimum atomic E-state index is -0.418. The van der Waals surface area contributed by atoms with Gasteiger partial charge in [-0.05, 0) is 24.1 Å². The molecule has 0 bridgehead atoms. The van der Waals surface area contributed by atoms with Gasteiger partial charge in [-0.2, -0.15) is 0 Å². The minimum Gasteiger partial charge on any atom is -0.460 e. The Kier molecular flexibility index (Phi) is 3.31. The maximum atomic E-state index is 13.1. The van der Waals surface area contributed by atoms with Crippen molar-refractivity contribution in [3.63, 3.8) is 0 Å². The fraction of sp³-hybridized carbons (Fsp3) is 0.238. The summed E-state index contributed by atoms with van der Waals surface area (Å²) in [5.74, 6) is -0.696. The number of rotatable bonds is 2. The first-order valence-electron chi connectivity index (χ1n) is 8.99. The van der Waals surface area contributed by atoms with E-state index < -0.39 is 5.92 Å². The number of pyridine rings is 2. The predicted octanol–water partition coefficient (Wildman–Crippen LogP) is 2.97. The van der Waals surface area contributed by atoms with Gasteiger partial charge < -0.3 is 14.7 Å². The maximum Gasteiger partial charge on any atom is 0.313 e. The van der Waals surface area contributed by atoms with Crippen molar-refractivity contribution in [2.45, 2.75) is 32.4 Å². The van der Waals surface area contributed by atoms with Crippen LogP contribution in [0, 0.1) is 5.41 Å². The van der Waals surface area contributed by atoms with E-state index in [4.69, 9.17) is 15.1 Å². The van der Waals surface area contributed by atoms with Crippen LogP contribution in [0.3, 0.4) is 0 Å². The van der Waals surface area contributed by atoms with E-state index in [1.807, 2.05) is 37.3 Å². The van der Waals surface area contributed by atoms with E-state index in [0.29, 0.717) is 18.5 Å². The molecule has 1 N–H and O–H groups in total. The number of cyclic esters (lactones) is 1. The number of aromatic nitrogens is 2. The summed E-state index contributed by atoms with van der Waals surface area (Å²) in [6.45, 7) is 2.32. The fourth-order valence-corrected chi connectivity index (χ4v) is 4.25. The molecule has 0 radical (unpaired) electrons. The SMILES string of the molecule is CC[C@H]1C(=O)OCc2c1cc1n(c2=O)Cc2c-1nc1ccccc1c2C=N. The Labute approximate surface area is 154 Å². The average Bonchev–Trinajstić information content (AvgIpc) is 3.05. The molecule has 0 fully saturated rings. The summed E-state index contributed by atoms with van der Waals surface area (Å²) in [6, 6.07) is 9.61. The molecule has 0 saturated carbocycles. The van der Waals surface area contributed by atoms with E-state index in [-0.39, 0.29) is 18.1 Å². The summed E-state index contributed by atoms with van der Waals surface area (Å²) in [6.07, 6.45) is 1.92. The van der Waals surface area contributed by atoms with Crippen LogP contribution in [0.15, 0.2) is 35.1 Å². The predicted molar refractivity (Wildman–Crippen MR) is 101 cm³/mol. The van der Waals surface area contributed by atoms with Crippen molar-refractivity contribution in [2.24, 2.45) is 0 Å². The second-order valence-electron chi connectivity index (χ2n) is 6.94. The molecule has 0 aliphatic carbocycles. The minimum absolute atomic E-state index is 0.0208. The van der Waals surface area contributed by atoms with Gasteiger partial charge in [-0.1, -0.05) is 25.1 Å². The number of nitrogens with zero attached hydrogens (tertiary/aromatic N) is 2. The smallest absolute Gasteiger partial charge is 0.313 e. The molecule has 0 unspecified atom stereocenters. The van der Waals surface area contributed by atoms with Crippen LogP contribution in [-0.2, 0) is 22.7 Å². The highest BCUT2D eigenvalue weighted by Gasteiger charge is 2.34. The molecule has 6 heteroatoms. The quantitative estimate of drug-likeness (QED) is 0.440. The molecule has 27 heavy (non-hydrogen) atoms. The number of benzene rings is 1. The van der Waals surface area contributed by atoms with Crippen molar-refractivity contribution in [3.8, 4) is 11.4 Å². The van der Waals surface area contributed by atoms with Crippen molar-refractivity contribution in [1.82, 2.24) is 9.55 Å². The topological polar surface area (TPSA) is 85.0 Å². The molecule has 4 heterocycles. The molecule has 134 valence electrons. The van der Waals surface area contributed by atoms with Gasteiger partial charge in [0.2, 0.25) is 0 Å². The van der Waals surface area contributed by atoms with E-state index in [9.17, 15) is 9.59 Å². The number of hydrogen-bond donors (Lipinski definition) is 1. The average molecular weight is 359 g/mol. The van der Waals surface area contributed by atoms with Gasteiger partial charge in [0.05, 0.1) is 34.9 Å². The van der Waals surface area contributed by atoms with Crippen LogP contribution < -0.4 is 5.56 Å². The van der Waals surface area contributed by atoms with Gasteiger partial charge in [-0.15, -0.1) is 0 Å². The van der Waals surface area contributed by atoms with Crippen LogP contribution in [0.1, 0.15) is 41.5 Å². The Morgan fingerprint density at radius 3 is 2.89 bits per heavy atom. The molecule has 0 amide bonds. The van der Waals surface area contributed by atoms with E-state index in [2.05, 4.69) is 0 Å². The number of carbonyl (C=O) groups excluding carboxylic acids is 1. The van der Waals surface area contributed by atoms with Crippen LogP contribution in [0.2, 0.25) is 0 Å². The van der Waals surface area contributed by atoms with E-state index >= 15 is 0 Å². The van der Waals surface area contributed by atoms with Gasteiger partial charge >= 0.3 is 5.97 Å². The summed E-state index contributed by atoms with van der Waals surface area (Å²) in [5.41, 5.74) is 5.07. The lowest BCUT2D eigenvalue weighted by Gasteiger charge is -2.24. The first kappa shape index (κ1) is 15.9. The zero-order chi connectivity index (χ0) is 18.7. The number of para-hydroxylation sites is 1. The van der Waals surface area contributed by atoms with E-state index in [1.165, 1.54) is 6.21 Å². The molecule has 2 aliphatic rings. The molecule has 0 spiro atoms. The van der Waals surface area contributed by atoms with Crippen molar-refractivity contribution < 1.29 is 9.53 Å². The summed E-state index contributed by atoms with van der Waals surface area (Å²) < 4.78 is 6.92. The number of hydrogen-bond acceptors (Lipinski definition) is 5. The van der Waals surface area contributed by atoms with Gasteiger partial charge in [0, 0.05) is 22.7 Å². The Morgan fingerprint density at radius 2 is 2.11 bits per heavy atom. The zero-order valence-corrected chi connectivity index (χ0v) is 14.8. The number of ether oxygens (including phenoxy) is 1. The Balaban J connectivity index is 1.84. The largest absolute Gasteiger partial charge is 0.460 e. The summed E-state index contributed by atoms with van der Waals surface area (Å²) in [7, 11) is 0. The molecule has 1 atom stereocenters. The highest BCUT2D eigenvalue weighted by molar-refractivity contribution is 6.01. The molecule has 5 rings (SSSR count). The second-order valence-corrected chi connectivity index (χ2v) is 6.94. The maximum absolute atomic E-state index is 13.1. The van der Waals surface area contributed by atoms with E-state index in [0.717, 1.165) is 39.0 Å². The molecule has 6 nitrogen and oxygen atoms in total. The number of carbonyl (C=O) groups is 1.